The van der Waals surface area contributed by atoms with Crippen molar-refractivity contribution in [2.75, 3.05) is 12.4 Å². The molecule has 4 nitrogen and oxygen atoms in total. The number of anilines is 1. The summed E-state index contributed by atoms with van der Waals surface area (Å²) in [6, 6.07) is 3.11. The SMILES string of the molecule is COC(=O)C[C@H]1Sc2ccc(C(F)(F)F)cc2NC1=O. The summed E-state index contributed by atoms with van der Waals surface area (Å²) in [7, 11) is 1.21. The van der Waals surface area contributed by atoms with Gasteiger partial charge in [0.2, 0.25) is 5.91 Å². The van der Waals surface area contributed by atoms with Crippen molar-refractivity contribution in [1.29, 1.82) is 0 Å². The number of amides is 1. The minimum absolute atomic E-state index is 0.107. The van der Waals surface area contributed by atoms with Crippen molar-refractivity contribution in [1.82, 2.24) is 0 Å². The summed E-state index contributed by atoms with van der Waals surface area (Å²) < 4.78 is 42.2. The number of carbonyl (C=O) groups is 2. The third-order valence-corrected chi connectivity index (χ3v) is 3.98. The van der Waals surface area contributed by atoms with Crippen molar-refractivity contribution in [3.05, 3.63) is 23.8 Å². The molecule has 1 aromatic carbocycles. The highest BCUT2D eigenvalue weighted by atomic mass is 32.2. The number of benzene rings is 1. The van der Waals surface area contributed by atoms with Gasteiger partial charge < -0.3 is 10.1 Å². The molecule has 1 aliphatic rings. The zero-order chi connectivity index (χ0) is 14.9. The predicted molar refractivity (Wildman–Crippen MR) is 66.4 cm³/mol. The molecule has 0 aliphatic carbocycles. The van der Waals surface area contributed by atoms with Crippen LogP contribution in [0.25, 0.3) is 0 Å². The van der Waals surface area contributed by atoms with Crippen LogP contribution in [-0.4, -0.2) is 24.2 Å². The number of halogens is 3. The molecule has 0 saturated carbocycles. The lowest BCUT2D eigenvalue weighted by molar-refractivity contribution is -0.141. The monoisotopic (exact) mass is 305 g/mol. The van der Waals surface area contributed by atoms with Gasteiger partial charge in [-0.3, -0.25) is 9.59 Å². The molecule has 2 rings (SSSR count). The van der Waals surface area contributed by atoms with Gasteiger partial charge in [0.1, 0.15) is 0 Å². The molecule has 20 heavy (non-hydrogen) atoms. The summed E-state index contributed by atoms with van der Waals surface area (Å²) in [5.74, 6) is -1.06. The molecule has 8 heteroatoms. The summed E-state index contributed by atoms with van der Waals surface area (Å²) >= 11 is 1.05. The second kappa shape index (κ2) is 5.35. The summed E-state index contributed by atoms with van der Waals surface area (Å²) in [5, 5.41) is 1.68. The maximum Gasteiger partial charge on any atom is 0.416 e. The van der Waals surface area contributed by atoms with Crippen LogP contribution in [0.1, 0.15) is 12.0 Å². The fourth-order valence-electron chi connectivity index (χ4n) is 1.70. The molecule has 0 aromatic heterocycles. The molecular formula is C12H10F3NO3S. The minimum atomic E-state index is -4.46. The smallest absolute Gasteiger partial charge is 0.416 e. The normalized spacial score (nSPS) is 18.2. The number of ether oxygens (including phenoxy) is 1. The largest absolute Gasteiger partial charge is 0.469 e. The summed E-state index contributed by atoms with van der Waals surface area (Å²) in [4.78, 5) is 23.4. The van der Waals surface area contributed by atoms with Gasteiger partial charge in [-0.2, -0.15) is 13.2 Å². The number of methoxy groups -OCH3 is 1. The number of fused-ring (bicyclic) bond motifs is 1. The van der Waals surface area contributed by atoms with E-state index in [-0.39, 0.29) is 12.1 Å². The molecule has 0 saturated heterocycles. The summed E-state index contributed by atoms with van der Waals surface area (Å²) in [5.41, 5.74) is -0.723. The van der Waals surface area contributed by atoms with E-state index in [4.69, 9.17) is 0 Å². The molecule has 1 amide bonds. The number of nitrogens with one attached hydrogen (secondary N) is 1. The second-order valence-electron chi connectivity index (χ2n) is 4.08. The minimum Gasteiger partial charge on any atom is -0.469 e. The van der Waals surface area contributed by atoms with Gasteiger partial charge in [0.05, 0.1) is 30.0 Å². The highest BCUT2D eigenvalue weighted by Crippen LogP contribution is 2.40. The number of thioether (sulfide) groups is 1. The van der Waals surface area contributed by atoms with Crippen LogP contribution < -0.4 is 5.32 Å². The Morgan fingerprint density at radius 3 is 2.75 bits per heavy atom. The average Bonchev–Trinajstić information content (AvgIpc) is 2.37. The number of alkyl halides is 3. The van der Waals surface area contributed by atoms with E-state index in [2.05, 4.69) is 10.1 Å². The van der Waals surface area contributed by atoms with Gasteiger partial charge in [-0.05, 0) is 18.2 Å². The lowest BCUT2D eigenvalue weighted by Crippen LogP contribution is -2.31. The molecule has 1 atom stereocenters. The van der Waals surface area contributed by atoms with E-state index >= 15 is 0 Å². The van der Waals surface area contributed by atoms with Crippen LogP contribution in [0.3, 0.4) is 0 Å². The molecule has 1 aliphatic heterocycles. The van der Waals surface area contributed by atoms with Crippen LogP contribution in [-0.2, 0) is 20.5 Å². The molecule has 0 unspecified atom stereocenters. The summed E-state index contributed by atoms with van der Waals surface area (Å²) in [6.07, 6.45) is -4.60. The van der Waals surface area contributed by atoms with E-state index in [0.29, 0.717) is 4.90 Å². The zero-order valence-electron chi connectivity index (χ0n) is 10.3. The van der Waals surface area contributed by atoms with Gasteiger partial charge in [-0.15, -0.1) is 11.8 Å². The third-order valence-electron chi connectivity index (χ3n) is 2.71. The summed E-state index contributed by atoms with van der Waals surface area (Å²) in [6.45, 7) is 0. The van der Waals surface area contributed by atoms with E-state index in [9.17, 15) is 22.8 Å². The van der Waals surface area contributed by atoms with E-state index in [0.717, 1.165) is 23.9 Å². The Morgan fingerprint density at radius 2 is 2.15 bits per heavy atom. The Bertz CT molecular complexity index is 559. The fraction of sp³-hybridized carbons (Fsp3) is 0.333. The predicted octanol–water partition coefficient (Wildman–Crippen LogP) is 2.68. The van der Waals surface area contributed by atoms with Gasteiger partial charge >= 0.3 is 12.1 Å². The number of esters is 1. The molecule has 108 valence electrons. The van der Waals surface area contributed by atoms with Gasteiger partial charge in [-0.1, -0.05) is 0 Å². The molecule has 0 fully saturated rings. The van der Waals surface area contributed by atoms with E-state index < -0.39 is 28.9 Å². The first-order chi connectivity index (χ1) is 9.31. The van der Waals surface area contributed by atoms with Gasteiger partial charge in [0.15, 0.2) is 0 Å². The van der Waals surface area contributed by atoms with Gasteiger partial charge in [0.25, 0.3) is 0 Å². The van der Waals surface area contributed by atoms with E-state index in [1.165, 1.54) is 13.2 Å². The molecule has 1 aromatic rings. The first-order valence-electron chi connectivity index (χ1n) is 5.57. The van der Waals surface area contributed by atoms with Crippen molar-refractivity contribution in [2.24, 2.45) is 0 Å². The van der Waals surface area contributed by atoms with Crippen molar-refractivity contribution < 1.29 is 27.5 Å². The Balaban J connectivity index is 2.23. The number of rotatable bonds is 2. The first-order valence-corrected chi connectivity index (χ1v) is 6.45. The standard InChI is InChI=1S/C12H10F3NO3S/c1-19-10(17)5-9-11(18)16-7-4-6(12(13,14)15)2-3-8(7)20-9/h2-4,9H,5H2,1H3,(H,16,18)/t9-/m1/s1. The van der Waals surface area contributed by atoms with E-state index in [1.54, 1.807) is 0 Å². The van der Waals surface area contributed by atoms with Crippen molar-refractivity contribution in [2.45, 2.75) is 22.7 Å². The Kier molecular flexibility index (Phi) is 3.94. The number of hydrogen-bond donors (Lipinski definition) is 1. The number of hydrogen-bond acceptors (Lipinski definition) is 4. The number of carbonyl (C=O) groups excluding carboxylic acids is 2. The maximum absolute atomic E-state index is 12.6. The highest BCUT2D eigenvalue weighted by molar-refractivity contribution is 8.01. The zero-order valence-corrected chi connectivity index (χ0v) is 11.1. The maximum atomic E-state index is 12.6. The van der Waals surface area contributed by atoms with Crippen LogP contribution in [0.4, 0.5) is 18.9 Å². The highest BCUT2D eigenvalue weighted by Gasteiger charge is 2.34. The Hall–Kier alpha value is -1.70. The van der Waals surface area contributed by atoms with Crippen molar-refractivity contribution in [3.8, 4) is 0 Å². The van der Waals surface area contributed by atoms with Crippen LogP contribution in [0, 0.1) is 0 Å². The van der Waals surface area contributed by atoms with Crippen molar-refractivity contribution in [3.63, 3.8) is 0 Å². The van der Waals surface area contributed by atoms with Gasteiger partial charge in [-0.25, -0.2) is 0 Å². The van der Waals surface area contributed by atoms with Gasteiger partial charge in [0, 0.05) is 4.90 Å². The molecule has 1 N–H and O–H groups in total. The fourth-order valence-corrected chi connectivity index (χ4v) is 2.77. The lowest BCUT2D eigenvalue weighted by Gasteiger charge is -2.24. The molecular weight excluding hydrogens is 295 g/mol. The van der Waals surface area contributed by atoms with Crippen LogP contribution in [0.15, 0.2) is 23.1 Å². The van der Waals surface area contributed by atoms with E-state index in [1.807, 2.05) is 0 Å². The molecule has 0 bridgehead atoms. The van der Waals surface area contributed by atoms with Crippen molar-refractivity contribution >= 4 is 29.3 Å². The molecule has 0 spiro atoms. The average molecular weight is 305 g/mol. The third kappa shape index (κ3) is 3.06. The lowest BCUT2D eigenvalue weighted by atomic mass is 10.1. The second-order valence-corrected chi connectivity index (χ2v) is 5.33. The Morgan fingerprint density at radius 1 is 1.45 bits per heavy atom. The molecule has 1 heterocycles. The quantitative estimate of drug-likeness (QED) is 0.854. The Labute approximate surface area is 116 Å². The first kappa shape index (κ1) is 14.7. The van der Waals surface area contributed by atoms with Crippen LogP contribution in [0.5, 0.6) is 0 Å². The van der Waals surface area contributed by atoms with Crippen LogP contribution in [0.2, 0.25) is 0 Å². The molecule has 0 radical (unpaired) electrons. The van der Waals surface area contributed by atoms with Crippen LogP contribution >= 0.6 is 11.8 Å². The topological polar surface area (TPSA) is 55.4 Å².